The Balaban J connectivity index is 2.42. The Labute approximate surface area is 58.9 Å². The summed E-state index contributed by atoms with van der Waals surface area (Å²) in [6, 6.07) is 0. The maximum absolute atomic E-state index is 8.44. The lowest BCUT2D eigenvalue weighted by molar-refractivity contribution is 0.278. The maximum atomic E-state index is 8.44. The van der Waals surface area contributed by atoms with Crippen LogP contribution in [0.3, 0.4) is 0 Å². The number of aliphatic hydroxyl groups is 1. The lowest BCUT2D eigenvalue weighted by atomic mass is 10.3. The van der Waals surface area contributed by atoms with Crippen LogP contribution in [0, 0.1) is 6.92 Å². The summed E-state index contributed by atoms with van der Waals surface area (Å²) in [5, 5.41) is 12.0. The van der Waals surface area contributed by atoms with Gasteiger partial charge in [-0.1, -0.05) is 5.16 Å². The molecule has 0 bridgehead atoms. The Bertz CT molecular complexity index is 197. The van der Waals surface area contributed by atoms with Gasteiger partial charge in [0.05, 0.1) is 0 Å². The summed E-state index contributed by atoms with van der Waals surface area (Å²) in [5.41, 5.74) is 0. The van der Waals surface area contributed by atoms with Crippen LogP contribution in [0.5, 0.6) is 0 Å². The highest BCUT2D eigenvalue weighted by atomic mass is 16.5. The molecule has 0 aromatic carbocycles. The zero-order chi connectivity index (χ0) is 7.40. The first-order valence-electron chi connectivity index (χ1n) is 3.23. The number of hydrogen-bond acceptors (Lipinski definition) is 4. The molecule has 0 aliphatic rings. The normalized spacial score (nSPS) is 10.2. The molecule has 0 saturated carbocycles. The molecule has 0 fully saturated rings. The highest BCUT2D eigenvalue weighted by molar-refractivity contribution is 4.82. The van der Waals surface area contributed by atoms with Gasteiger partial charge in [-0.2, -0.15) is 4.98 Å². The zero-order valence-electron chi connectivity index (χ0n) is 5.87. The van der Waals surface area contributed by atoms with Gasteiger partial charge in [0.2, 0.25) is 5.89 Å². The largest absolute Gasteiger partial charge is 0.396 e. The van der Waals surface area contributed by atoms with Crippen LogP contribution in [-0.4, -0.2) is 21.9 Å². The van der Waals surface area contributed by atoms with Gasteiger partial charge in [0.25, 0.3) is 0 Å². The number of aliphatic hydroxyl groups excluding tert-OH is 1. The molecule has 1 heterocycles. The van der Waals surface area contributed by atoms with Crippen molar-refractivity contribution in [3.05, 3.63) is 11.7 Å². The predicted molar refractivity (Wildman–Crippen MR) is 34.4 cm³/mol. The molecule has 0 aliphatic heterocycles. The van der Waals surface area contributed by atoms with E-state index < -0.39 is 0 Å². The molecule has 0 unspecified atom stereocenters. The molecular weight excluding hydrogens is 132 g/mol. The topological polar surface area (TPSA) is 59.2 Å². The van der Waals surface area contributed by atoms with E-state index in [1.54, 1.807) is 6.92 Å². The highest BCUT2D eigenvalue weighted by Gasteiger charge is 1.99. The SMILES string of the molecule is Cc1noc(CCCO)n1. The van der Waals surface area contributed by atoms with Crippen LogP contribution in [-0.2, 0) is 6.42 Å². The van der Waals surface area contributed by atoms with E-state index in [0.29, 0.717) is 24.6 Å². The Morgan fingerprint density at radius 3 is 2.90 bits per heavy atom. The summed E-state index contributed by atoms with van der Waals surface area (Å²) in [6.45, 7) is 1.94. The third kappa shape index (κ3) is 1.80. The summed E-state index contributed by atoms with van der Waals surface area (Å²) in [7, 11) is 0. The molecule has 1 N–H and O–H groups in total. The summed E-state index contributed by atoms with van der Waals surface area (Å²) < 4.78 is 4.79. The lowest BCUT2D eigenvalue weighted by Crippen LogP contribution is -1.88. The molecule has 1 aromatic rings. The van der Waals surface area contributed by atoms with Crippen molar-refractivity contribution in [3.8, 4) is 0 Å². The van der Waals surface area contributed by atoms with E-state index >= 15 is 0 Å². The second-order valence-corrected chi connectivity index (χ2v) is 2.06. The Morgan fingerprint density at radius 2 is 2.40 bits per heavy atom. The molecule has 0 atom stereocenters. The van der Waals surface area contributed by atoms with Gasteiger partial charge in [0.15, 0.2) is 5.82 Å². The second-order valence-electron chi connectivity index (χ2n) is 2.06. The Hall–Kier alpha value is -0.900. The number of rotatable bonds is 3. The van der Waals surface area contributed by atoms with Crippen molar-refractivity contribution in [1.82, 2.24) is 10.1 Å². The molecule has 0 saturated heterocycles. The monoisotopic (exact) mass is 142 g/mol. The van der Waals surface area contributed by atoms with Gasteiger partial charge in [0.1, 0.15) is 0 Å². The molecule has 0 aliphatic carbocycles. The molecule has 4 nitrogen and oxygen atoms in total. The standard InChI is InChI=1S/C6H10N2O2/c1-5-7-6(10-8-5)3-2-4-9/h9H,2-4H2,1H3. The van der Waals surface area contributed by atoms with Crippen LogP contribution in [0.25, 0.3) is 0 Å². The van der Waals surface area contributed by atoms with Crippen molar-refractivity contribution in [2.24, 2.45) is 0 Å². The van der Waals surface area contributed by atoms with Crippen LogP contribution in [0.4, 0.5) is 0 Å². The number of aryl methyl sites for hydroxylation is 2. The van der Waals surface area contributed by atoms with E-state index in [2.05, 4.69) is 10.1 Å². The number of nitrogens with zero attached hydrogens (tertiary/aromatic N) is 2. The van der Waals surface area contributed by atoms with Gasteiger partial charge < -0.3 is 9.63 Å². The summed E-state index contributed by atoms with van der Waals surface area (Å²) in [6.07, 6.45) is 1.35. The van der Waals surface area contributed by atoms with Gasteiger partial charge in [-0.05, 0) is 13.3 Å². The molecule has 10 heavy (non-hydrogen) atoms. The highest BCUT2D eigenvalue weighted by Crippen LogP contribution is 1.98. The summed E-state index contributed by atoms with van der Waals surface area (Å²) in [4.78, 5) is 3.96. The van der Waals surface area contributed by atoms with Gasteiger partial charge in [-0.3, -0.25) is 0 Å². The van der Waals surface area contributed by atoms with E-state index in [0.717, 1.165) is 0 Å². The molecule has 0 radical (unpaired) electrons. The first-order valence-corrected chi connectivity index (χ1v) is 3.23. The third-order valence-electron chi connectivity index (χ3n) is 1.12. The van der Waals surface area contributed by atoms with Gasteiger partial charge in [0, 0.05) is 13.0 Å². The van der Waals surface area contributed by atoms with E-state index in [9.17, 15) is 0 Å². The van der Waals surface area contributed by atoms with E-state index in [4.69, 9.17) is 9.63 Å². The van der Waals surface area contributed by atoms with Crippen LogP contribution in [0.2, 0.25) is 0 Å². The predicted octanol–water partition coefficient (Wildman–Crippen LogP) is 0.303. The van der Waals surface area contributed by atoms with Crippen LogP contribution in [0.15, 0.2) is 4.52 Å². The first kappa shape index (κ1) is 7.21. The minimum atomic E-state index is 0.168. The maximum Gasteiger partial charge on any atom is 0.226 e. The minimum Gasteiger partial charge on any atom is -0.396 e. The smallest absolute Gasteiger partial charge is 0.226 e. The minimum absolute atomic E-state index is 0.168. The van der Waals surface area contributed by atoms with Crippen molar-refractivity contribution < 1.29 is 9.63 Å². The quantitative estimate of drug-likeness (QED) is 0.659. The fourth-order valence-corrected chi connectivity index (χ4v) is 0.672. The fraction of sp³-hybridized carbons (Fsp3) is 0.667. The number of aromatic nitrogens is 2. The average Bonchev–Trinajstić information content (AvgIpc) is 2.31. The van der Waals surface area contributed by atoms with Crippen molar-refractivity contribution in [2.75, 3.05) is 6.61 Å². The third-order valence-corrected chi connectivity index (χ3v) is 1.12. The first-order chi connectivity index (χ1) is 4.83. The molecule has 0 spiro atoms. The fourth-order valence-electron chi connectivity index (χ4n) is 0.672. The molecule has 1 aromatic heterocycles. The van der Waals surface area contributed by atoms with Crippen LogP contribution in [0.1, 0.15) is 18.1 Å². The van der Waals surface area contributed by atoms with Crippen molar-refractivity contribution >= 4 is 0 Å². The van der Waals surface area contributed by atoms with Crippen molar-refractivity contribution in [1.29, 1.82) is 0 Å². The summed E-state index contributed by atoms with van der Waals surface area (Å²) >= 11 is 0. The van der Waals surface area contributed by atoms with Crippen LogP contribution >= 0.6 is 0 Å². The van der Waals surface area contributed by atoms with E-state index in [1.165, 1.54) is 0 Å². The zero-order valence-corrected chi connectivity index (χ0v) is 5.87. The van der Waals surface area contributed by atoms with Gasteiger partial charge >= 0.3 is 0 Å². The van der Waals surface area contributed by atoms with E-state index in [1.807, 2.05) is 0 Å². The summed E-state index contributed by atoms with van der Waals surface area (Å²) in [5.74, 6) is 1.25. The average molecular weight is 142 g/mol. The Kier molecular flexibility index (Phi) is 2.39. The van der Waals surface area contributed by atoms with Crippen molar-refractivity contribution in [3.63, 3.8) is 0 Å². The molecule has 4 heteroatoms. The van der Waals surface area contributed by atoms with Gasteiger partial charge in [-0.25, -0.2) is 0 Å². The molecule has 0 amide bonds. The molecule has 56 valence electrons. The second kappa shape index (κ2) is 3.31. The number of hydrogen-bond donors (Lipinski definition) is 1. The Morgan fingerprint density at radius 1 is 1.60 bits per heavy atom. The van der Waals surface area contributed by atoms with Gasteiger partial charge in [-0.15, -0.1) is 0 Å². The van der Waals surface area contributed by atoms with Crippen molar-refractivity contribution in [2.45, 2.75) is 19.8 Å². The van der Waals surface area contributed by atoms with E-state index in [-0.39, 0.29) is 6.61 Å². The van der Waals surface area contributed by atoms with Crippen LogP contribution < -0.4 is 0 Å². The molecule has 1 rings (SSSR count). The lowest BCUT2D eigenvalue weighted by Gasteiger charge is -1.86. The molecular formula is C6H10N2O2.